The predicted octanol–water partition coefficient (Wildman–Crippen LogP) is 6.47. The zero-order valence-corrected chi connectivity index (χ0v) is 23.4. The lowest BCUT2D eigenvalue weighted by Crippen LogP contribution is -2.31. The zero-order valence-electron chi connectivity index (χ0n) is 22.6. The smallest absolute Gasteiger partial charge is 0.396 e. The average Bonchev–Trinajstić information content (AvgIpc) is 3.41. The molecule has 2 aromatic heterocycles. The number of hydrogen-bond donors (Lipinski definition) is 0. The molecule has 0 spiro atoms. The van der Waals surface area contributed by atoms with Gasteiger partial charge in [-0.25, -0.2) is 15.0 Å². The van der Waals surface area contributed by atoms with E-state index in [9.17, 15) is 13.2 Å². The van der Waals surface area contributed by atoms with Crippen molar-refractivity contribution in [2.75, 3.05) is 20.2 Å². The Hall–Kier alpha value is -3.99. The number of rotatable bonds is 6. The van der Waals surface area contributed by atoms with Crippen LogP contribution in [0.2, 0.25) is 5.02 Å². The van der Waals surface area contributed by atoms with Crippen LogP contribution in [0.1, 0.15) is 47.7 Å². The largest absolute Gasteiger partial charge is 0.479 e. The fourth-order valence-electron chi connectivity index (χ4n) is 5.01. The van der Waals surface area contributed by atoms with Crippen LogP contribution in [0.3, 0.4) is 0 Å². The quantitative estimate of drug-likeness (QED) is 0.246. The number of benzene rings is 1. The van der Waals surface area contributed by atoms with Crippen molar-refractivity contribution in [2.45, 2.75) is 38.3 Å². The maximum absolute atomic E-state index is 13.0. The third-order valence-corrected chi connectivity index (χ3v) is 7.49. The number of hydrazone groups is 1. The van der Waals surface area contributed by atoms with Crippen molar-refractivity contribution < 1.29 is 17.9 Å². The van der Waals surface area contributed by atoms with Crippen LogP contribution in [0.15, 0.2) is 64.0 Å². The molecule has 2 aliphatic rings. The lowest BCUT2D eigenvalue weighted by molar-refractivity contribution is -0.153. The summed E-state index contributed by atoms with van der Waals surface area (Å²) in [5.74, 6) is -0.747. The van der Waals surface area contributed by atoms with Gasteiger partial charge in [0.1, 0.15) is 11.4 Å². The Morgan fingerprint density at radius 1 is 1.22 bits per heavy atom. The number of aromatic nitrogens is 3. The van der Waals surface area contributed by atoms with E-state index >= 15 is 0 Å². The van der Waals surface area contributed by atoms with Crippen molar-refractivity contribution in [3.8, 4) is 11.6 Å². The van der Waals surface area contributed by atoms with Gasteiger partial charge in [0.2, 0.25) is 5.88 Å². The van der Waals surface area contributed by atoms with Crippen LogP contribution in [0.25, 0.3) is 11.4 Å². The summed E-state index contributed by atoms with van der Waals surface area (Å²) in [6.45, 7) is 6.89. The van der Waals surface area contributed by atoms with E-state index in [4.69, 9.17) is 21.4 Å². The normalized spacial score (nSPS) is 19.7. The Kier molecular flexibility index (Phi) is 8.25. The summed E-state index contributed by atoms with van der Waals surface area (Å²) in [7, 11) is 1.55. The summed E-state index contributed by atoms with van der Waals surface area (Å²) in [6, 6.07) is 9.16. The summed E-state index contributed by atoms with van der Waals surface area (Å²) in [5, 5.41) is 7.27. The standard InChI is InChI=1S/C29H29ClF3N7O/c1-18-15-39(17-36-18)26-11-10-25(37-28(26)41-3)27(34-2)38-40-12-4-5-20(16-40)22-13-19(6-8-23(22)30)24-9-7-21(14-35-24)29(31,32)33/h6,8-11,13-15,17,20-21H,2,4-5,7,12,16H2,1,3H3. The van der Waals surface area contributed by atoms with Gasteiger partial charge in [-0.2, -0.15) is 18.3 Å². The molecule has 1 fully saturated rings. The van der Waals surface area contributed by atoms with Crippen LogP contribution < -0.4 is 4.74 Å². The highest BCUT2D eigenvalue weighted by atomic mass is 35.5. The number of aliphatic imine (C=N–C) groups is 2. The molecule has 0 saturated carbocycles. The molecule has 8 nitrogen and oxygen atoms in total. The Labute approximate surface area is 241 Å². The SMILES string of the molecule is C=NC(=NN1CCCC(c2cc(C3=CCC(C(F)(F)F)C=N3)ccc2Cl)C1)c1ccc(-n2cnc(C)c2)c(OC)n1. The molecule has 12 heteroatoms. The van der Waals surface area contributed by atoms with E-state index < -0.39 is 12.1 Å². The van der Waals surface area contributed by atoms with E-state index in [-0.39, 0.29) is 12.3 Å². The number of nitrogens with zero attached hydrogens (tertiary/aromatic N) is 7. The lowest BCUT2D eigenvalue weighted by Gasteiger charge is -2.32. The first-order valence-corrected chi connectivity index (χ1v) is 13.5. The highest BCUT2D eigenvalue weighted by Gasteiger charge is 2.38. The predicted molar refractivity (Wildman–Crippen MR) is 154 cm³/mol. The molecule has 0 radical (unpaired) electrons. The number of alkyl halides is 3. The van der Waals surface area contributed by atoms with Crippen molar-refractivity contribution in [2.24, 2.45) is 21.0 Å². The van der Waals surface area contributed by atoms with Crippen molar-refractivity contribution in [1.82, 2.24) is 19.5 Å². The van der Waals surface area contributed by atoms with E-state index in [2.05, 4.69) is 26.7 Å². The first-order chi connectivity index (χ1) is 19.7. The first kappa shape index (κ1) is 28.5. The molecule has 0 bridgehead atoms. The van der Waals surface area contributed by atoms with Gasteiger partial charge in [-0.15, -0.1) is 0 Å². The number of halogens is 4. The van der Waals surface area contributed by atoms with Crippen molar-refractivity contribution in [3.63, 3.8) is 0 Å². The van der Waals surface area contributed by atoms with Crippen LogP contribution in [0.5, 0.6) is 5.88 Å². The van der Waals surface area contributed by atoms with Crippen LogP contribution in [-0.4, -0.2) is 64.7 Å². The molecule has 3 aromatic rings. The van der Waals surface area contributed by atoms with E-state index in [0.29, 0.717) is 41.2 Å². The van der Waals surface area contributed by atoms with Gasteiger partial charge >= 0.3 is 6.18 Å². The number of aryl methyl sites for hydroxylation is 1. The fourth-order valence-corrected chi connectivity index (χ4v) is 5.28. The van der Waals surface area contributed by atoms with Crippen LogP contribution in [0, 0.1) is 12.8 Å². The number of ether oxygens (including phenoxy) is 1. The van der Waals surface area contributed by atoms with Gasteiger partial charge in [-0.3, -0.25) is 10.0 Å². The summed E-state index contributed by atoms with van der Waals surface area (Å²) in [5.41, 5.74) is 4.28. The molecule has 0 N–H and O–H groups in total. The molecule has 1 saturated heterocycles. The topological polar surface area (TPSA) is 80.3 Å². The van der Waals surface area contributed by atoms with Gasteiger partial charge in [0.05, 0.1) is 30.7 Å². The molecular formula is C29H29ClF3N7O. The molecule has 0 aliphatic carbocycles. The molecule has 2 unspecified atom stereocenters. The summed E-state index contributed by atoms with van der Waals surface area (Å²) < 4.78 is 46.5. The van der Waals surface area contributed by atoms with Gasteiger partial charge in [-0.05, 0) is 62.7 Å². The first-order valence-electron chi connectivity index (χ1n) is 13.1. The highest BCUT2D eigenvalue weighted by molar-refractivity contribution is 6.31. The fraction of sp³-hybridized carbons (Fsp3) is 0.345. The number of hydrogen-bond acceptors (Lipinski definition) is 6. The monoisotopic (exact) mass is 583 g/mol. The molecule has 0 amide bonds. The van der Waals surface area contributed by atoms with Gasteiger partial charge in [0.25, 0.3) is 0 Å². The summed E-state index contributed by atoms with van der Waals surface area (Å²) in [6.07, 6.45) is 3.40. The van der Waals surface area contributed by atoms with Gasteiger partial charge < -0.3 is 9.30 Å². The van der Waals surface area contributed by atoms with Crippen molar-refractivity contribution >= 4 is 36.1 Å². The number of piperidine rings is 1. The Balaban J connectivity index is 1.35. The maximum atomic E-state index is 13.0. The minimum Gasteiger partial charge on any atom is -0.479 e. The summed E-state index contributed by atoms with van der Waals surface area (Å²) >= 11 is 6.61. The second-order valence-electron chi connectivity index (χ2n) is 9.97. The van der Waals surface area contributed by atoms with E-state index in [1.807, 2.05) is 40.9 Å². The van der Waals surface area contributed by atoms with Crippen molar-refractivity contribution in [1.29, 1.82) is 0 Å². The molecule has 2 aliphatic heterocycles. The van der Waals surface area contributed by atoms with Gasteiger partial charge in [0, 0.05) is 42.0 Å². The molecule has 41 heavy (non-hydrogen) atoms. The number of amidine groups is 1. The molecule has 4 heterocycles. The Bertz CT molecular complexity index is 1530. The van der Waals surface area contributed by atoms with Crippen LogP contribution in [0.4, 0.5) is 13.2 Å². The number of allylic oxidation sites excluding steroid dienone is 1. The molecule has 1 aromatic carbocycles. The minimum atomic E-state index is -4.30. The van der Waals surface area contributed by atoms with Gasteiger partial charge in [-0.1, -0.05) is 23.7 Å². The molecule has 5 rings (SSSR count). The lowest BCUT2D eigenvalue weighted by atomic mass is 9.89. The number of pyridine rings is 1. The van der Waals surface area contributed by atoms with Crippen molar-refractivity contribution in [3.05, 3.63) is 76.5 Å². The number of methoxy groups -OCH3 is 1. The van der Waals surface area contributed by atoms with Crippen LogP contribution >= 0.6 is 11.6 Å². The maximum Gasteiger partial charge on any atom is 0.396 e. The van der Waals surface area contributed by atoms with E-state index in [1.165, 1.54) is 6.08 Å². The number of imidazole rings is 1. The zero-order chi connectivity index (χ0) is 29.1. The average molecular weight is 584 g/mol. The van der Waals surface area contributed by atoms with Gasteiger partial charge in [0.15, 0.2) is 5.84 Å². The molecule has 214 valence electrons. The second-order valence-corrected chi connectivity index (χ2v) is 10.4. The third kappa shape index (κ3) is 6.35. The Morgan fingerprint density at radius 2 is 2.05 bits per heavy atom. The third-order valence-electron chi connectivity index (χ3n) is 7.15. The summed E-state index contributed by atoms with van der Waals surface area (Å²) in [4.78, 5) is 17.1. The Morgan fingerprint density at radius 3 is 2.71 bits per heavy atom. The highest BCUT2D eigenvalue weighted by Crippen LogP contribution is 2.37. The van der Waals surface area contributed by atoms with E-state index in [1.54, 1.807) is 25.6 Å². The molecular weight excluding hydrogens is 555 g/mol. The molecule has 2 atom stereocenters. The van der Waals surface area contributed by atoms with E-state index in [0.717, 1.165) is 41.6 Å². The van der Waals surface area contributed by atoms with Crippen LogP contribution in [-0.2, 0) is 0 Å². The second kappa shape index (κ2) is 11.9. The minimum absolute atomic E-state index is 0.0523.